The number of hydrogen-bond donors (Lipinski definition) is 1. The predicted molar refractivity (Wildman–Crippen MR) is 83.5 cm³/mol. The van der Waals surface area contributed by atoms with Gasteiger partial charge in [-0.3, -0.25) is 9.59 Å². The number of aliphatic carboxylic acids is 1. The Bertz CT molecular complexity index is 571. The molecule has 120 valence electrons. The van der Waals surface area contributed by atoms with Crippen molar-refractivity contribution in [3.8, 4) is 5.75 Å². The summed E-state index contributed by atoms with van der Waals surface area (Å²) in [6.45, 7) is 2.51. The van der Waals surface area contributed by atoms with Crippen LogP contribution in [0.2, 0.25) is 10.0 Å². The molecule has 0 spiro atoms. The van der Waals surface area contributed by atoms with Crippen LogP contribution in [0.15, 0.2) is 18.2 Å². The molecule has 1 atom stereocenters. The minimum Gasteiger partial charge on any atom is -0.481 e. The average Bonchev–Trinajstić information content (AvgIpc) is 2.49. The number of ether oxygens (including phenoxy) is 1. The molecule has 1 aromatic rings. The number of likely N-dealkylation sites (tertiary alicyclic amines) is 1. The van der Waals surface area contributed by atoms with E-state index in [1.54, 1.807) is 30.0 Å². The molecule has 0 radical (unpaired) electrons. The average molecular weight is 346 g/mol. The molecular weight excluding hydrogens is 329 g/mol. The maximum atomic E-state index is 12.3. The summed E-state index contributed by atoms with van der Waals surface area (Å²) >= 11 is 11.8. The van der Waals surface area contributed by atoms with E-state index in [9.17, 15) is 9.59 Å². The quantitative estimate of drug-likeness (QED) is 0.910. The van der Waals surface area contributed by atoms with Crippen LogP contribution in [0.5, 0.6) is 5.75 Å². The van der Waals surface area contributed by atoms with E-state index in [1.165, 1.54) is 0 Å². The molecule has 1 aromatic carbocycles. The molecule has 1 unspecified atom stereocenters. The van der Waals surface area contributed by atoms with Crippen LogP contribution in [0.4, 0.5) is 0 Å². The second-order valence-electron chi connectivity index (χ2n) is 5.27. The normalized spacial score (nSPS) is 17.1. The highest BCUT2D eigenvalue weighted by Crippen LogP contribution is 2.28. The van der Waals surface area contributed by atoms with Crippen LogP contribution in [0, 0.1) is 5.92 Å². The van der Waals surface area contributed by atoms with Gasteiger partial charge in [0.2, 0.25) is 0 Å². The highest BCUT2D eigenvalue weighted by Gasteiger charge is 2.30. The first kappa shape index (κ1) is 16.9. The number of carboxylic acids is 1. The minimum absolute atomic E-state index is 0.171. The molecule has 1 N–H and O–H groups in total. The number of carbonyl (C=O) groups excluding carboxylic acids is 1. The number of piperidine rings is 1. The molecule has 0 aromatic heterocycles. The van der Waals surface area contributed by atoms with Crippen LogP contribution in [0.1, 0.15) is 19.8 Å². The summed E-state index contributed by atoms with van der Waals surface area (Å²) in [7, 11) is 0. The SMILES string of the molecule is CC(Oc1ccc(Cl)cc1Cl)C(=O)N1CCC(C(=O)O)CC1. The summed E-state index contributed by atoms with van der Waals surface area (Å²) in [5, 5.41) is 9.80. The van der Waals surface area contributed by atoms with Crippen molar-refractivity contribution in [1.82, 2.24) is 4.90 Å². The molecular formula is C15H17Cl2NO4. The first-order valence-electron chi connectivity index (χ1n) is 7.01. The first-order chi connectivity index (χ1) is 10.4. The maximum Gasteiger partial charge on any atom is 0.306 e. The van der Waals surface area contributed by atoms with Crippen LogP contribution in [-0.2, 0) is 9.59 Å². The summed E-state index contributed by atoms with van der Waals surface area (Å²) in [6, 6.07) is 4.80. The van der Waals surface area contributed by atoms with Crippen molar-refractivity contribution in [3.63, 3.8) is 0 Å². The largest absolute Gasteiger partial charge is 0.481 e. The standard InChI is InChI=1S/C15H17Cl2NO4/c1-9(22-13-3-2-11(16)8-12(13)17)14(19)18-6-4-10(5-7-18)15(20)21/h2-3,8-10H,4-7H2,1H3,(H,20,21). The van der Waals surface area contributed by atoms with Gasteiger partial charge in [-0.2, -0.15) is 0 Å². The van der Waals surface area contributed by atoms with Crippen LogP contribution in [0.3, 0.4) is 0 Å². The Balaban J connectivity index is 1.94. The van der Waals surface area contributed by atoms with Gasteiger partial charge in [0.1, 0.15) is 5.75 Å². The highest BCUT2D eigenvalue weighted by molar-refractivity contribution is 6.35. The summed E-state index contributed by atoms with van der Waals surface area (Å²) in [5.41, 5.74) is 0. The summed E-state index contributed by atoms with van der Waals surface area (Å²) < 4.78 is 5.59. The third-order valence-corrected chi connectivity index (χ3v) is 4.23. The van der Waals surface area contributed by atoms with Crippen molar-refractivity contribution < 1.29 is 19.4 Å². The molecule has 0 bridgehead atoms. The number of rotatable bonds is 4. The Kier molecular flexibility index (Phi) is 5.53. The van der Waals surface area contributed by atoms with Crippen molar-refractivity contribution in [1.29, 1.82) is 0 Å². The van der Waals surface area contributed by atoms with Crippen molar-refractivity contribution >= 4 is 35.1 Å². The fraction of sp³-hybridized carbons (Fsp3) is 0.467. The van der Waals surface area contributed by atoms with Gasteiger partial charge in [0, 0.05) is 18.1 Å². The second-order valence-corrected chi connectivity index (χ2v) is 6.12. The van der Waals surface area contributed by atoms with Gasteiger partial charge in [0.15, 0.2) is 6.10 Å². The van der Waals surface area contributed by atoms with Crippen molar-refractivity contribution in [2.75, 3.05) is 13.1 Å². The number of carbonyl (C=O) groups is 2. The number of halogens is 2. The third-order valence-electron chi connectivity index (χ3n) is 3.70. The zero-order valence-electron chi connectivity index (χ0n) is 12.1. The molecule has 1 aliphatic rings. The Hall–Kier alpha value is -1.46. The van der Waals surface area contributed by atoms with Gasteiger partial charge in [-0.05, 0) is 38.0 Å². The van der Waals surface area contributed by atoms with Crippen molar-refractivity contribution in [3.05, 3.63) is 28.2 Å². The van der Waals surface area contributed by atoms with Crippen LogP contribution >= 0.6 is 23.2 Å². The lowest BCUT2D eigenvalue weighted by atomic mass is 9.97. The maximum absolute atomic E-state index is 12.3. The van der Waals surface area contributed by atoms with Crippen LogP contribution in [0.25, 0.3) is 0 Å². The topological polar surface area (TPSA) is 66.8 Å². The van der Waals surface area contributed by atoms with Gasteiger partial charge < -0.3 is 14.7 Å². The van der Waals surface area contributed by atoms with Gasteiger partial charge in [-0.1, -0.05) is 23.2 Å². The monoisotopic (exact) mass is 345 g/mol. The van der Waals surface area contributed by atoms with E-state index in [1.807, 2.05) is 0 Å². The fourth-order valence-corrected chi connectivity index (χ4v) is 2.87. The summed E-state index contributed by atoms with van der Waals surface area (Å²) in [4.78, 5) is 24.9. The zero-order valence-corrected chi connectivity index (χ0v) is 13.6. The molecule has 5 nitrogen and oxygen atoms in total. The molecule has 1 heterocycles. The lowest BCUT2D eigenvalue weighted by Gasteiger charge is -2.32. The van der Waals surface area contributed by atoms with Gasteiger partial charge in [0.05, 0.1) is 10.9 Å². The Labute approximate surface area is 138 Å². The molecule has 7 heteroatoms. The van der Waals surface area contributed by atoms with Gasteiger partial charge in [0.25, 0.3) is 5.91 Å². The van der Waals surface area contributed by atoms with Gasteiger partial charge in [-0.25, -0.2) is 0 Å². The third kappa shape index (κ3) is 4.05. The minimum atomic E-state index is -0.802. The highest BCUT2D eigenvalue weighted by atomic mass is 35.5. The predicted octanol–water partition coefficient (Wildman–Crippen LogP) is 3.08. The lowest BCUT2D eigenvalue weighted by Crippen LogP contribution is -2.45. The summed E-state index contributed by atoms with van der Waals surface area (Å²) in [6.07, 6.45) is 0.241. The Morgan fingerprint density at radius 3 is 2.50 bits per heavy atom. The summed E-state index contributed by atoms with van der Waals surface area (Å²) in [5.74, 6) is -0.947. The molecule has 1 fully saturated rings. The van der Waals surface area contributed by atoms with E-state index in [-0.39, 0.29) is 11.8 Å². The lowest BCUT2D eigenvalue weighted by molar-refractivity contribution is -0.147. The Morgan fingerprint density at radius 2 is 1.95 bits per heavy atom. The van der Waals surface area contributed by atoms with E-state index in [0.717, 1.165) is 0 Å². The van der Waals surface area contributed by atoms with Crippen LogP contribution < -0.4 is 4.74 Å². The van der Waals surface area contributed by atoms with E-state index >= 15 is 0 Å². The number of amides is 1. The van der Waals surface area contributed by atoms with E-state index in [0.29, 0.717) is 41.7 Å². The first-order valence-corrected chi connectivity index (χ1v) is 7.77. The number of nitrogens with zero attached hydrogens (tertiary/aromatic N) is 1. The second kappa shape index (κ2) is 7.20. The molecule has 1 saturated heterocycles. The zero-order chi connectivity index (χ0) is 16.3. The van der Waals surface area contributed by atoms with Crippen molar-refractivity contribution in [2.24, 2.45) is 5.92 Å². The van der Waals surface area contributed by atoms with E-state index in [2.05, 4.69) is 0 Å². The molecule has 0 aliphatic carbocycles. The molecule has 1 aliphatic heterocycles. The molecule has 22 heavy (non-hydrogen) atoms. The molecule has 2 rings (SSSR count). The van der Waals surface area contributed by atoms with Crippen LogP contribution in [-0.4, -0.2) is 41.1 Å². The molecule has 0 saturated carbocycles. The van der Waals surface area contributed by atoms with Gasteiger partial charge in [-0.15, -0.1) is 0 Å². The number of benzene rings is 1. The van der Waals surface area contributed by atoms with E-state index in [4.69, 9.17) is 33.0 Å². The van der Waals surface area contributed by atoms with Crippen molar-refractivity contribution in [2.45, 2.75) is 25.9 Å². The van der Waals surface area contributed by atoms with E-state index < -0.39 is 12.1 Å². The number of hydrogen-bond acceptors (Lipinski definition) is 3. The molecule has 1 amide bonds. The smallest absolute Gasteiger partial charge is 0.306 e. The van der Waals surface area contributed by atoms with Gasteiger partial charge >= 0.3 is 5.97 Å². The number of carboxylic acid groups (broad SMARTS) is 1. The Morgan fingerprint density at radius 1 is 1.32 bits per heavy atom. The fourth-order valence-electron chi connectivity index (χ4n) is 2.42.